The molecule has 0 unspecified atom stereocenters. The number of carbonyl (C=O) groups excluding carboxylic acids is 3. The number of ether oxygens (including phenoxy) is 1. The zero-order valence-electron chi connectivity index (χ0n) is 15.7. The molecule has 3 rings (SSSR count). The van der Waals surface area contributed by atoms with Crippen LogP contribution in [0.5, 0.6) is 0 Å². The van der Waals surface area contributed by atoms with Crippen molar-refractivity contribution in [3.05, 3.63) is 95.3 Å². The van der Waals surface area contributed by atoms with Crippen LogP contribution in [0.15, 0.2) is 73.1 Å². The van der Waals surface area contributed by atoms with Crippen LogP contribution in [0.25, 0.3) is 0 Å². The minimum atomic E-state index is -0.492. The number of esters is 1. The Balaban J connectivity index is 1.67. The van der Waals surface area contributed by atoms with Gasteiger partial charge in [0.05, 0.1) is 12.7 Å². The van der Waals surface area contributed by atoms with E-state index in [0.717, 1.165) is 5.56 Å². The molecule has 7 nitrogen and oxygen atoms in total. The molecule has 0 saturated carbocycles. The van der Waals surface area contributed by atoms with Crippen molar-refractivity contribution in [2.45, 2.75) is 6.54 Å². The van der Waals surface area contributed by atoms with Crippen LogP contribution >= 0.6 is 0 Å². The van der Waals surface area contributed by atoms with E-state index in [1.165, 1.54) is 19.2 Å². The molecule has 1 aromatic heterocycles. The minimum Gasteiger partial charge on any atom is -0.465 e. The van der Waals surface area contributed by atoms with Crippen molar-refractivity contribution in [1.82, 2.24) is 10.3 Å². The van der Waals surface area contributed by atoms with Crippen LogP contribution in [0.2, 0.25) is 0 Å². The van der Waals surface area contributed by atoms with E-state index in [1.54, 1.807) is 54.9 Å². The van der Waals surface area contributed by atoms with Gasteiger partial charge in [-0.1, -0.05) is 18.2 Å². The second kappa shape index (κ2) is 9.27. The van der Waals surface area contributed by atoms with Crippen molar-refractivity contribution in [2.75, 3.05) is 12.4 Å². The van der Waals surface area contributed by atoms with Gasteiger partial charge in [0, 0.05) is 35.8 Å². The second-order valence-corrected chi connectivity index (χ2v) is 6.15. The lowest BCUT2D eigenvalue weighted by Crippen LogP contribution is -2.23. The van der Waals surface area contributed by atoms with Crippen LogP contribution in [-0.2, 0) is 11.3 Å². The fourth-order valence-corrected chi connectivity index (χ4v) is 2.63. The quantitative estimate of drug-likeness (QED) is 0.632. The zero-order valence-corrected chi connectivity index (χ0v) is 15.7. The molecule has 0 bridgehead atoms. The number of rotatable bonds is 6. The summed E-state index contributed by atoms with van der Waals surface area (Å²) < 4.78 is 4.68. The third-order valence-electron chi connectivity index (χ3n) is 4.10. The van der Waals surface area contributed by atoms with E-state index in [9.17, 15) is 14.4 Å². The summed E-state index contributed by atoms with van der Waals surface area (Å²) in [7, 11) is 1.29. The number of benzene rings is 2. The Morgan fingerprint density at radius 1 is 0.897 bits per heavy atom. The Bertz CT molecular complexity index is 1030. The average molecular weight is 389 g/mol. The van der Waals surface area contributed by atoms with Crippen molar-refractivity contribution < 1.29 is 19.1 Å². The van der Waals surface area contributed by atoms with Gasteiger partial charge in [0.15, 0.2) is 0 Å². The summed E-state index contributed by atoms with van der Waals surface area (Å²) >= 11 is 0. The van der Waals surface area contributed by atoms with Gasteiger partial charge in [-0.25, -0.2) is 4.79 Å². The van der Waals surface area contributed by atoms with Gasteiger partial charge in [-0.2, -0.15) is 0 Å². The highest BCUT2D eigenvalue weighted by atomic mass is 16.5. The van der Waals surface area contributed by atoms with E-state index in [2.05, 4.69) is 20.4 Å². The molecule has 0 saturated heterocycles. The van der Waals surface area contributed by atoms with Crippen molar-refractivity contribution in [3.8, 4) is 0 Å². The standard InChI is InChI=1S/C22H19N3O4/c1-29-22(28)18-8-3-9-19(12-18)25-21(27)17-7-2-6-16(11-17)20(26)24-14-15-5-4-10-23-13-15/h2-13H,14H2,1H3,(H,24,26)(H,25,27). The molecular weight excluding hydrogens is 370 g/mol. The van der Waals surface area contributed by atoms with Gasteiger partial charge in [0.25, 0.3) is 11.8 Å². The van der Waals surface area contributed by atoms with Crippen LogP contribution in [0, 0.1) is 0 Å². The highest BCUT2D eigenvalue weighted by Crippen LogP contribution is 2.14. The number of nitrogens with zero attached hydrogens (tertiary/aromatic N) is 1. The lowest BCUT2D eigenvalue weighted by atomic mass is 10.1. The molecule has 1 heterocycles. The summed E-state index contributed by atoms with van der Waals surface area (Å²) in [5.41, 5.74) is 2.34. The lowest BCUT2D eigenvalue weighted by Gasteiger charge is -2.09. The fraction of sp³-hybridized carbons (Fsp3) is 0.0909. The molecule has 0 atom stereocenters. The first-order valence-corrected chi connectivity index (χ1v) is 8.84. The summed E-state index contributed by atoms with van der Waals surface area (Å²) in [6.45, 7) is 0.337. The molecular formula is C22H19N3O4. The largest absolute Gasteiger partial charge is 0.465 e. The molecule has 2 N–H and O–H groups in total. The molecule has 0 spiro atoms. The van der Waals surface area contributed by atoms with Gasteiger partial charge < -0.3 is 15.4 Å². The third kappa shape index (κ3) is 5.26. The normalized spacial score (nSPS) is 10.1. The van der Waals surface area contributed by atoms with Gasteiger partial charge >= 0.3 is 5.97 Å². The van der Waals surface area contributed by atoms with Crippen molar-refractivity contribution in [2.24, 2.45) is 0 Å². The number of pyridine rings is 1. The fourth-order valence-electron chi connectivity index (χ4n) is 2.63. The highest BCUT2D eigenvalue weighted by Gasteiger charge is 2.12. The first-order valence-electron chi connectivity index (χ1n) is 8.84. The molecule has 2 amide bonds. The van der Waals surface area contributed by atoms with E-state index in [4.69, 9.17) is 0 Å². The summed E-state index contributed by atoms with van der Waals surface area (Å²) in [5, 5.41) is 5.51. The van der Waals surface area contributed by atoms with Crippen LogP contribution in [0.3, 0.4) is 0 Å². The molecule has 7 heteroatoms. The summed E-state index contributed by atoms with van der Waals surface area (Å²) in [6, 6.07) is 16.5. The van der Waals surface area contributed by atoms with E-state index in [-0.39, 0.29) is 5.91 Å². The average Bonchev–Trinajstić information content (AvgIpc) is 2.77. The molecule has 146 valence electrons. The van der Waals surface area contributed by atoms with Gasteiger partial charge in [-0.15, -0.1) is 0 Å². The molecule has 2 aromatic carbocycles. The number of hydrogen-bond acceptors (Lipinski definition) is 5. The molecule has 0 aliphatic heterocycles. The first kappa shape index (κ1) is 19.8. The molecule has 0 radical (unpaired) electrons. The van der Waals surface area contributed by atoms with Gasteiger partial charge in [-0.05, 0) is 48.0 Å². The van der Waals surface area contributed by atoms with Crippen LogP contribution in [-0.4, -0.2) is 29.9 Å². The van der Waals surface area contributed by atoms with Gasteiger partial charge in [0.2, 0.25) is 0 Å². The highest BCUT2D eigenvalue weighted by molar-refractivity contribution is 6.06. The number of aromatic nitrogens is 1. The number of methoxy groups -OCH3 is 1. The number of nitrogens with one attached hydrogen (secondary N) is 2. The maximum Gasteiger partial charge on any atom is 0.337 e. The molecule has 0 aliphatic carbocycles. The number of anilines is 1. The van der Waals surface area contributed by atoms with Crippen molar-refractivity contribution >= 4 is 23.5 Å². The van der Waals surface area contributed by atoms with E-state index in [1.807, 2.05) is 6.07 Å². The Morgan fingerprint density at radius 2 is 1.62 bits per heavy atom. The maximum absolute atomic E-state index is 12.6. The Kier molecular flexibility index (Phi) is 6.32. The summed E-state index contributed by atoms with van der Waals surface area (Å²) in [4.78, 5) is 40.6. The third-order valence-corrected chi connectivity index (χ3v) is 4.10. The van der Waals surface area contributed by atoms with Gasteiger partial charge in [0.1, 0.15) is 0 Å². The van der Waals surface area contributed by atoms with E-state index >= 15 is 0 Å². The Labute approximate surface area is 167 Å². The van der Waals surface area contributed by atoms with Crippen molar-refractivity contribution in [3.63, 3.8) is 0 Å². The molecule has 0 aliphatic rings. The van der Waals surface area contributed by atoms with Crippen LogP contribution < -0.4 is 10.6 Å². The predicted octanol–water partition coefficient (Wildman–Crippen LogP) is 3.05. The first-order chi connectivity index (χ1) is 14.1. The monoisotopic (exact) mass is 389 g/mol. The number of hydrogen-bond donors (Lipinski definition) is 2. The van der Waals surface area contributed by atoms with Crippen LogP contribution in [0.4, 0.5) is 5.69 Å². The van der Waals surface area contributed by atoms with Gasteiger partial charge in [-0.3, -0.25) is 14.6 Å². The molecule has 29 heavy (non-hydrogen) atoms. The smallest absolute Gasteiger partial charge is 0.337 e. The topological polar surface area (TPSA) is 97.4 Å². The molecule has 3 aromatic rings. The summed E-state index contributed by atoms with van der Waals surface area (Å²) in [5.74, 6) is -1.18. The van der Waals surface area contributed by atoms with E-state index < -0.39 is 11.9 Å². The van der Waals surface area contributed by atoms with Crippen LogP contribution in [0.1, 0.15) is 36.6 Å². The molecule has 0 fully saturated rings. The number of carbonyl (C=O) groups is 3. The Morgan fingerprint density at radius 3 is 2.34 bits per heavy atom. The maximum atomic E-state index is 12.6. The SMILES string of the molecule is COC(=O)c1cccc(NC(=O)c2cccc(C(=O)NCc3cccnc3)c2)c1. The second-order valence-electron chi connectivity index (χ2n) is 6.15. The summed E-state index contributed by atoms with van der Waals surface area (Å²) in [6.07, 6.45) is 3.33. The van der Waals surface area contributed by atoms with E-state index in [0.29, 0.717) is 28.9 Å². The minimum absolute atomic E-state index is 0.295. The lowest BCUT2D eigenvalue weighted by molar-refractivity contribution is 0.0600. The number of amides is 2. The van der Waals surface area contributed by atoms with Crippen molar-refractivity contribution in [1.29, 1.82) is 0 Å². The zero-order chi connectivity index (χ0) is 20.6. The Hall–Kier alpha value is -4.00. The predicted molar refractivity (Wildman–Crippen MR) is 108 cm³/mol.